The van der Waals surface area contributed by atoms with Crippen molar-refractivity contribution in [2.24, 2.45) is 0 Å². The van der Waals surface area contributed by atoms with Gasteiger partial charge in [-0.1, -0.05) is 310 Å². The number of para-hydroxylation sites is 2. The highest BCUT2D eigenvalue weighted by molar-refractivity contribution is 7.00. The maximum atomic E-state index is 2.65. The summed E-state index contributed by atoms with van der Waals surface area (Å²) in [6.45, 7) is 19.3. The first-order valence-electron chi connectivity index (χ1n) is 44.4. The molecule has 0 spiro atoms. The quantitative estimate of drug-likeness (QED) is 0.120. The third kappa shape index (κ3) is 11.6. The molecule has 6 heteroatoms. The van der Waals surface area contributed by atoms with Crippen LogP contribution >= 0.6 is 0 Å². The van der Waals surface area contributed by atoms with Crippen molar-refractivity contribution in [1.29, 1.82) is 0 Å². The second-order valence-corrected chi connectivity index (χ2v) is 38.1. The average molecular weight is 1590 g/mol. The monoisotopic (exact) mass is 1590 g/mol. The summed E-state index contributed by atoms with van der Waals surface area (Å²) in [5.74, 6) is 0. The van der Waals surface area contributed by atoms with Crippen molar-refractivity contribution in [2.45, 2.75) is 103 Å². The number of anilines is 6. The van der Waals surface area contributed by atoms with Crippen LogP contribution in [-0.2, 0) is 21.7 Å². The van der Waals surface area contributed by atoms with E-state index >= 15 is 0 Å². The zero-order chi connectivity index (χ0) is 83.2. The highest BCUT2D eigenvalue weighted by atomic mass is 15.2. The number of aromatic nitrogens is 3. The molecule has 5 heterocycles. The van der Waals surface area contributed by atoms with Gasteiger partial charge >= 0.3 is 0 Å². The van der Waals surface area contributed by atoms with Crippen LogP contribution in [-0.4, -0.2) is 20.4 Å². The van der Waals surface area contributed by atoms with Crippen molar-refractivity contribution in [2.75, 3.05) is 9.80 Å². The first kappa shape index (κ1) is 73.7. The molecule has 0 saturated heterocycles. The highest BCUT2D eigenvalue weighted by Crippen LogP contribution is 2.53. The van der Waals surface area contributed by atoms with Gasteiger partial charge in [0.1, 0.15) is 0 Å². The van der Waals surface area contributed by atoms with Gasteiger partial charge in [-0.3, -0.25) is 0 Å². The summed E-state index contributed by atoms with van der Waals surface area (Å²) in [7, 11) is 0. The Morgan fingerprint density at radius 2 is 0.452 bits per heavy atom. The lowest BCUT2D eigenvalue weighted by atomic mass is 9.33. The lowest BCUT2D eigenvalue weighted by Gasteiger charge is -2.44. The SMILES string of the molecule is CC1(C)CCC(C)(C)c2cc(-c3ccc(N4c5cc(-n6c7ccccc7c7cc(-c8ccccc8)ccc76)ccc5B5c6ccc(-n7c8ccccc8c8cc(-c9ccccc9)ccc87)cc6N(c6ccc(-c7ccc8c(c7)C(C)(C)CCC8(C)C)cc6)c6cc(-n7c8ccc(-c9ccccc9)cc8c8cc(-c9ccccc9)ccc87)cc4c65)cc3)ccc21. The fourth-order valence-corrected chi connectivity index (χ4v) is 22.1. The second-order valence-electron chi connectivity index (χ2n) is 38.1. The predicted molar refractivity (Wildman–Crippen MR) is 527 cm³/mol. The van der Waals surface area contributed by atoms with Crippen molar-refractivity contribution in [3.8, 4) is 83.8 Å². The standard InChI is InChI=1S/C118H94BN5/c1-115(2)61-63-117(5,6)100-69-85(41-53-98(100)115)79-37-47-87(48-38-79)120-110-71-89(122-104-35-23-21-33-92(104)94-65-81(43-57-106(94)122)75-25-13-9-14-26-75)51-55-102(110)119-103-56-52-90(123-105-36-24-22-34-93(105)95-66-82(44-58-107(95)123)76-27-15-10-16-28-76)72-111(103)121(88-49-39-80(40-50-88)86-42-54-99-101(70-86)118(7,8)64-62-116(99,3)4)113-74-91(73-112(120)114(113)119)124-108-59-45-83(77-29-17-11-18-30-77)67-96(108)97-68-84(46-60-109(97)124)78-31-19-12-20-32-78/h9-60,65-74H,61-64H2,1-8H3. The Morgan fingerprint density at radius 1 is 0.194 bits per heavy atom. The molecule has 0 radical (unpaired) electrons. The van der Waals surface area contributed by atoms with Gasteiger partial charge in [-0.05, 0) is 274 Å². The molecule has 124 heavy (non-hydrogen) atoms. The summed E-state index contributed by atoms with van der Waals surface area (Å²) in [4.78, 5) is 5.30. The van der Waals surface area contributed by atoms with E-state index in [-0.39, 0.29) is 28.4 Å². The van der Waals surface area contributed by atoms with E-state index in [4.69, 9.17) is 0 Å². The number of hydrogen-bond acceptors (Lipinski definition) is 2. The van der Waals surface area contributed by atoms with Gasteiger partial charge < -0.3 is 23.5 Å². The molecule has 24 rings (SSSR count). The minimum Gasteiger partial charge on any atom is -0.311 e. The third-order valence-corrected chi connectivity index (χ3v) is 29.0. The van der Waals surface area contributed by atoms with Gasteiger partial charge in [0.05, 0.1) is 38.8 Å². The molecule has 0 unspecified atom stereocenters. The van der Waals surface area contributed by atoms with Crippen molar-refractivity contribution >= 4 is 123 Å². The summed E-state index contributed by atoms with van der Waals surface area (Å²) in [6.07, 6.45) is 4.64. The molecule has 0 fully saturated rings. The normalized spacial score (nSPS) is 15.2. The third-order valence-electron chi connectivity index (χ3n) is 29.0. The molecule has 3 aromatic heterocycles. The maximum absolute atomic E-state index is 2.65. The zero-order valence-electron chi connectivity index (χ0n) is 71.4. The molecular formula is C118H94BN5. The highest BCUT2D eigenvalue weighted by Gasteiger charge is 2.46. The lowest BCUT2D eigenvalue weighted by Crippen LogP contribution is -2.61. The number of nitrogens with zero attached hydrogens (tertiary/aromatic N) is 5. The Hall–Kier alpha value is -14.2. The molecule has 0 amide bonds. The molecule has 17 aromatic carbocycles. The van der Waals surface area contributed by atoms with E-state index in [1.807, 2.05) is 0 Å². The topological polar surface area (TPSA) is 21.3 Å². The summed E-state index contributed by atoms with van der Waals surface area (Å²) in [6, 6.07) is 144. The van der Waals surface area contributed by atoms with Crippen LogP contribution < -0.4 is 26.2 Å². The molecule has 0 saturated carbocycles. The largest absolute Gasteiger partial charge is 0.311 e. The zero-order valence-corrected chi connectivity index (χ0v) is 71.4. The van der Waals surface area contributed by atoms with Gasteiger partial charge in [-0.15, -0.1) is 0 Å². The van der Waals surface area contributed by atoms with Crippen LogP contribution in [0.4, 0.5) is 34.1 Å². The van der Waals surface area contributed by atoms with Crippen LogP contribution in [0.2, 0.25) is 0 Å². The van der Waals surface area contributed by atoms with E-state index in [0.717, 1.165) is 97.1 Å². The smallest absolute Gasteiger partial charge is 0.252 e. The number of hydrogen-bond donors (Lipinski definition) is 0. The average Bonchev–Trinajstić information content (AvgIpc) is 0.906. The maximum Gasteiger partial charge on any atom is 0.252 e. The van der Waals surface area contributed by atoms with E-state index in [1.165, 1.54) is 151 Å². The Morgan fingerprint density at radius 3 is 0.806 bits per heavy atom. The van der Waals surface area contributed by atoms with Gasteiger partial charge in [-0.25, -0.2) is 0 Å². The fraction of sp³-hybridized carbons (Fsp3) is 0.136. The molecule has 0 atom stereocenters. The molecule has 20 aromatic rings. The minimum atomic E-state index is -0.248. The van der Waals surface area contributed by atoms with Gasteiger partial charge in [0, 0.05) is 77.8 Å². The first-order chi connectivity index (χ1) is 60.4. The lowest BCUT2D eigenvalue weighted by molar-refractivity contribution is 0.332. The Bertz CT molecular complexity index is 7320. The van der Waals surface area contributed by atoms with Crippen molar-refractivity contribution in [3.05, 3.63) is 398 Å². The summed E-state index contributed by atoms with van der Waals surface area (Å²) in [5.41, 5.74) is 41.0. The van der Waals surface area contributed by atoms with Crippen LogP contribution in [0.1, 0.15) is 103 Å². The Labute approximate surface area is 726 Å². The predicted octanol–water partition coefficient (Wildman–Crippen LogP) is 29.8. The fourth-order valence-electron chi connectivity index (χ4n) is 22.1. The number of fused-ring (bicyclic) bond motifs is 15. The van der Waals surface area contributed by atoms with Gasteiger partial charge in [0.25, 0.3) is 6.71 Å². The van der Waals surface area contributed by atoms with Crippen molar-refractivity contribution < 1.29 is 0 Å². The van der Waals surface area contributed by atoms with Crippen LogP contribution in [0.3, 0.4) is 0 Å². The van der Waals surface area contributed by atoms with E-state index < -0.39 is 0 Å². The van der Waals surface area contributed by atoms with Crippen LogP contribution in [0, 0.1) is 0 Å². The Kier molecular flexibility index (Phi) is 16.4. The molecule has 4 aliphatic rings. The molecular weight excluding hydrogens is 1500 g/mol. The van der Waals surface area contributed by atoms with Crippen LogP contribution in [0.25, 0.3) is 149 Å². The minimum absolute atomic E-state index is 0.0484. The second kappa shape index (κ2) is 27.7. The van der Waals surface area contributed by atoms with E-state index in [0.29, 0.717) is 0 Å². The van der Waals surface area contributed by atoms with E-state index in [2.05, 4.69) is 455 Å². The molecule has 0 bridgehead atoms. The molecule has 594 valence electrons. The van der Waals surface area contributed by atoms with Crippen molar-refractivity contribution in [3.63, 3.8) is 0 Å². The van der Waals surface area contributed by atoms with Crippen LogP contribution in [0.15, 0.2) is 376 Å². The van der Waals surface area contributed by atoms with Gasteiger partial charge in [0.15, 0.2) is 0 Å². The van der Waals surface area contributed by atoms with E-state index in [9.17, 15) is 0 Å². The molecule has 0 N–H and O–H groups in total. The van der Waals surface area contributed by atoms with Gasteiger partial charge in [-0.2, -0.15) is 0 Å². The number of benzene rings is 17. The summed E-state index contributed by atoms with van der Waals surface area (Å²) >= 11 is 0. The van der Waals surface area contributed by atoms with Crippen LogP contribution in [0.5, 0.6) is 0 Å². The number of rotatable bonds is 11. The molecule has 5 nitrogen and oxygen atoms in total. The van der Waals surface area contributed by atoms with E-state index in [1.54, 1.807) is 0 Å². The summed E-state index contributed by atoms with van der Waals surface area (Å²) in [5, 5.41) is 7.25. The van der Waals surface area contributed by atoms with Gasteiger partial charge in [0.2, 0.25) is 0 Å². The molecule has 2 aliphatic heterocycles. The van der Waals surface area contributed by atoms with Crippen molar-refractivity contribution in [1.82, 2.24) is 13.7 Å². The first-order valence-corrected chi connectivity index (χ1v) is 44.4. The molecule has 2 aliphatic carbocycles. The Balaban J connectivity index is 0.797. The summed E-state index contributed by atoms with van der Waals surface area (Å²) < 4.78 is 7.63.